The van der Waals surface area contributed by atoms with Gasteiger partial charge < -0.3 is 14.4 Å². The first kappa shape index (κ1) is 18.8. The van der Waals surface area contributed by atoms with Gasteiger partial charge in [-0.15, -0.1) is 11.8 Å². The lowest BCUT2D eigenvalue weighted by molar-refractivity contribution is -0.138. The lowest BCUT2D eigenvalue weighted by Crippen LogP contribution is -2.40. The minimum Gasteiger partial charge on any atom is -0.463 e. The van der Waals surface area contributed by atoms with Crippen molar-refractivity contribution in [2.75, 3.05) is 19.7 Å². The third-order valence-corrected chi connectivity index (χ3v) is 6.19. The van der Waals surface area contributed by atoms with Gasteiger partial charge in [-0.25, -0.2) is 9.59 Å². The molecule has 0 N–H and O–H groups in total. The topological polar surface area (TPSA) is 55.8 Å². The summed E-state index contributed by atoms with van der Waals surface area (Å²) < 4.78 is 10.5. The van der Waals surface area contributed by atoms with Crippen LogP contribution in [0.25, 0.3) is 0 Å². The summed E-state index contributed by atoms with van der Waals surface area (Å²) in [5, 5.41) is 2.36. The molecule has 1 aromatic rings. The molecule has 3 rings (SSSR count). The van der Waals surface area contributed by atoms with Crippen LogP contribution in [-0.2, 0) is 20.9 Å². The normalized spacial score (nSPS) is 20.6. The van der Waals surface area contributed by atoms with E-state index in [1.165, 1.54) is 0 Å². The standard InChI is InChI=1S/C20H25NO4S/c1-2-24-19(22)17-12-18(26-14-17)16-8-10-21(11-9-16)20(23)25-13-15-6-4-3-5-7-15/h3-7,14,16,18H,2,8-13H2,1H3. The Morgan fingerprint density at radius 2 is 1.88 bits per heavy atom. The number of esters is 1. The number of likely N-dealkylation sites (tertiary alicyclic amines) is 1. The highest BCUT2D eigenvalue weighted by atomic mass is 32.2. The van der Waals surface area contributed by atoms with Crippen molar-refractivity contribution >= 4 is 23.8 Å². The van der Waals surface area contributed by atoms with Crippen molar-refractivity contribution in [3.63, 3.8) is 0 Å². The van der Waals surface area contributed by atoms with Crippen molar-refractivity contribution < 1.29 is 19.1 Å². The number of rotatable bonds is 5. The lowest BCUT2D eigenvalue weighted by atomic mass is 9.90. The molecule has 1 atom stereocenters. The smallest absolute Gasteiger partial charge is 0.410 e. The molecule has 2 aliphatic heterocycles. The van der Waals surface area contributed by atoms with Crippen molar-refractivity contribution in [2.45, 2.75) is 38.0 Å². The fourth-order valence-electron chi connectivity index (χ4n) is 3.38. The second kappa shape index (κ2) is 9.12. The molecule has 0 radical (unpaired) electrons. The molecule has 26 heavy (non-hydrogen) atoms. The number of hydrogen-bond donors (Lipinski definition) is 0. The Hall–Kier alpha value is -1.95. The molecule has 1 saturated heterocycles. The SMILES string of the molecule is CCOC(=O)C1=CSC(C2CCN(C(=O)OCc3ccccc3)CC2)C1. The molecule has 1 amide bonds. The number of ether oxygens (including phenoxy) is 2. The molecule has 0 aliphatic carbocycles. The van der Waals surface area contributed by atoms with Crippen LogP contribution in [0.3, 0.4) is 0 Å². The summed E-state index contributed by atoms with van der Waals surface area (Å²) in [7, 11) is 0. The maximum absolute atomic E-state index is 12.2. The van der Waals surface area contributed by atoms with E-state index in [0.717, 1.165) is 30.4 Å². The maximum Gasteiger partial charge on any atom is 0.410 e. The summed E-state index contributed by atoms with van der Waals surface area (Å²) in [5.41, 5.74) is 1.78. The number of carbonyl (C=O) groups is 2. The number of amides is 1. The minimum atomic E-state index is -0.239. The molecule has 5 nitrogen and oxygen atoms in total. The molecular formula is C20H25NO4S. The van der Waals surface area contributed by atoms with Crippen molar-refractivity contribution in [1.29, 1.82) is 0 Å². The number of piperidine rings is 1. The second-order valence-electron chi connectivity index (χ2n) is 6.61. The number of nitrogens with zero attached hydrogens (tertiary/aromatic N) is 1. The van der Waals surface area contributed by atoms with Crippen LogP contribution < -0.4 is 0 Å². The fraction of sp³-hybridized carbons (Fsp3) is 0.500. The van der Waals surface area contributed by atoms with Crippen molar-refractivity contribution in [2.24, 2.45) is 5.92 Å². The minimum absolute atomic E-state index is 0.190. The largest absolute Gasteiger partial charge is 0.463 e. The van der Waals surface area contributed by atoms with E-state index in [0.29, 0.717) is 37.5 Å². The maximum atomic E-state index is 12.2. The van der Waals surface area contributed by atoms with E-state index in [-0.39, 0.29) is 12.1 Å². The summed E-state index contributed by atoms with van der Waals surface area (Å²) in [6.07, 6.45) is 2.42. The van der Waals surface area contributed by atoms with Crippen LogP contribution >= 0.6 is 11.8 Å². The van der Waals surface area contributed by atoms with E-state index in [1.807, 2.05) is 42.7 Å². The zero-order chi connectivity index (χ0) is 18.4. The third kappa shape index (κ3) is 4.81. The Labute approximate surface area is 158 Å². The van der Waals surface area contributed by atoms with Crippen LogP contribution in [0, 0.1) is 5.92 Å². The van der Waals surface area contributed by atoms with Gasteiger partial charge in [-0.1, -0.05) is 30.3 Å². The van der Waals surface area contributed by atoms with Gasteiger partial charge in [0, 0.05) is 23.9 Å². The number of carbonyl (C=O) groups excluding carboxylic acids is 2. The monoisotopic (exact) mass is 375 g/mol. The summed E-state index contributed by atoms with van der Waals surface area (Å²) >= 11 is 1.73. The average Bonchev–Trinajstić information content (AvgIpc) is 3.18. The molecule has 0 bridgehead atoms. The van der Waals surface area contributed by atoms with Gasteiger partial charge >= 0.3 is 12.1 Å². The number of thioether (sulfide) groups is 1. The Morgan fingerprint density at radius 1 is 1.15 bits per heavy atom. The highest BCUT2D eigenvalue weighted by molar-refractivity contribution is 8.03. The predicted molar refractivity (Wildman–Crippen MR) is 102 cm³/mol. The zero-order valence-electron chi connectivity index (χ0n) is 15.1. The van der Waals surface area contributed by atoms with Gasteiger partial charge in [0.2, 0.25) is 0 Å². The van der Waals surface area contributed by atoms with Gasteiger partial charge in [0.1, 0.15) is 6.61 Å². The Kier molecular flexibility index (Phi) is 6.61. The van der Waals surface area contributed by atoms with E-state index >= 15 is 0 Å². The predicted octanol–water partition coefficient (Wildman–Crippen LogP) is 3.99. The summed E-state index contributed by atoms with van der Waals surface area (Å²) in [6, 6.07) is 9.72. The number of benzene rings is 1. The summed E-state index contributed by atoms with van der Waals surface area (Å²) in [5.74, 6) is 0.325. The third-order valence-electron chi connectivity index (χ3n) is 4.87. The Bertz CT molecular complexity index is 653. The van der Waals surface area contributed by atoms with E-state index in [9.17, 15) is 9.59 Å². The van der Waals surface area contributed by atoms with Gasteiger partial charge in [-0.2, -0.15) is 0 Å². The fourth-order valence-corrected chi connectivity index (χ4v) is 4.68. The van der Waals surface area contributed by atoms with E-state index in [1.54, 1.807) is 16.7 Å². The molecule has 2 heterocycles. The van der Waals surface area contributed by atoms with Gasteiger partial charge in [0.25, 0.3) is 0 Å². The average molecular weight is 375 g/mol. The summed E-state index contributed by atoms with van der Waals surface area (Å²) in [4.78, 5) is 25.9. The van der Waals surface area contributed by atoms with Crippen LogP contribution in [0.15, 0.2) is 41.3 Å². The van der Waals surface area contributed by atoms with E-state index in [4.69, 9.17) is 9.47 Å². The molecule has 1 unspecified atom stereocenters. The molecule has 140 valence electrons. The van der Waals surface area contributed by atoms with Crippen molar-refractivity contribution in [3.8, 4) is 0 Å². The highest BCUT2D eigenvalue weighted by Gasteiger charge is 2.33. The molecule has 1 fully saturated rings. The molecule has 2 aliphatic rings. The molecule has 1 aromatic carbocycles. The first-order valence-corrected chi connectivity index (χ1v) is 10.1. The first-order chi connectivity index (χ1) is 12.7. The van der Waals surface area contributed by atoms with Gasteiger partial charge in [0.05, 0.1) is 6.61 Å². The zero-order valence-corrected chi connectivity index (χ0v) is 15.9. The highest BCUT2D eigenvalue weighted by Crippen LogP contribution is 2.39. The van der Waals surface area contributed by atoms with E-state index < -0.39 is 0 Å². The van der Waals surface area contributed by atoms with Gasteiger partial charge in [-0.3, -0.25) is 0 Å². The quantitative estimate of drug-likeness (QED) is 0.729. The van der Waals surface area contributed by atoms with Crippen molar-refractivity contribution in [3.05, 3.63) is 46.9 Å². The molecule has 0 saturated carbocycles. The van der Waals surface area contributed by atoms with E-state index in [2.05, 4.69) is 0 Å². The molecule has 0 spiro atoms. The Balaban J connectivity index is 1.40. The lowest BCUT2D eigenvalue weighted by Gasteiger charge is -2.34. The molecular weight excluding hydrogens is 350 g/mol. The Morgan fingerprint density at radius 3 is 2.58 bits per heavy atom. The van der Waals surface area contributed by atoms with Crippen molar-refractivity contribution in [1.82, 2.24) is 4.90 Å². The van der Waals surface area contributed by atoms with Crippen LogP contribution in [0.2, 0.25) is 0 Å². The van der Waals surface area contributed by atoms with Crippen LogP contribution in [-0.4, -0.2) is 41.9 Å². The molecule has 6 heteroatoms. The first-order valence-electron chi connectivity index (χ1n) is 9.14. The number of hydrogen-bond acceptors (Lipinski definition) is 5. The van der Waals surface area contributed by atoms with Crippen LogP contribution in [0.1, 0.15) is 31.7 Å². The van der Waals surface area contributed by atoms with Crippen LogP contribution in [0.4, 0.5) is 4.79 Å². The molecule has 0 aromatic heterocycles. The second-order valence-corrected chi connectivity index (χ2v) is 7.72. The van der Waals surface area contributed by atoms with Crippen LogP contribution in [0.5, 0.6) is 0 Å². The van der Waals surface area contributed by atoms with Gasteiger partial charge in [0.15, 0.2) is 0 Å². The summed E-state index contributed by atoms with van der Waals surface area (Å²) in [6.45, 7) is 3.97. The van der Waals surface area contributed by atoms with Gasteiger partial charge in [-0.05, 0) is 43.1 Å².